The van der Waals surface area contributed by atoms with Crippen LogP contribution in [-0.4, -0.2) is 18.1 Å². The zero-order valence-corrected chi connectivity index (χ0v) is 13.3. The Labute approximate surface area is 138 Å². The maximum atomic E-state index is 14.4. The fourth-order valence-electron chi connectivity index (χ4n) is 2.14. The van der Waals surface area contributed by atoms with Crippen molar-refractivity contribution in [1.29, 1.82) is 0 Å². The first-order valence-electron chi connectivity index (χ1n) is 6.34. The van der Waals surface area contributed by atoms with Gasteiger partial charge in [0.05, 0.1) is 17.8 Å². The van der Waals surface area contributed by atoms with E-state index in [1.54, 1.807) is 11.4 Å². The fraction of sp³-hybridized carbons (Fsp3) is 0.0667. The zero-order chi connectivity index (χ0) is 16.7. The summed E-state index contributed by atoms with van der Waals surface area (Å²) >= 11 is 7.20. The Morgan fingerprint density at radius 2 is 2.13 bits per heavy atom. The molecule has 4 nitrogen and oxygen atoms in total. The molecule has 0 saturated heterocycles. The van der Waals surface area contributed by atoms with Gasteiger partial charge < -0.3 is 10.5 Å². The van der Waals surface area contributed by atoms with Gasteiger partial charge in [0.1, 0.15) is 11.5 Å². The van der Waals surface area contributed by atoms with Crippen LogP contribution in [-0.2, 0) is 4.74 Å². The predicted octanol–water partition coefficient (Wildman–Crippen LogP) is 4.26. The van der Waals surface area contributed by atoms with Crippen LogP contribution in [0.3, 0.4) is 0 Å². The number of fused-ring (bicyclic) bond motifs is 1. The zero-order valence-electron chi connectivity index (χ0n) is 11.7. The summed E-state index contributed by atoms with van der Waals surface area (Å²) in [6.07, 6.45) is 0. The van der Waals surface area contributed by atoms with Crippen molar-refractivity contribution in [2.24, 2.45) is 0 Å². The Balaban J connectivity index is 2.31. The maximum absolute atomic E-state index is 14.4. The highest BCUT2D eigenvalue weighted by Gasteiger charge is 2.24. The molecule has 0 radical (unpaired) electrons. The number of nitrogen functional groups attached to an aromatic ring is 1. The van der Waals surface area contributed by atoms with Crippen molar-refractivity contribution < 1.29 is 18.3 Å². The Kier molecular flexibility index (Phi) is 3.91. The molecule has 0 atom stereocenters. The van der Waals surface area contributed by atoms with Crippen molar-refractivity contribution >= 4 is 44.7 Å². The van der Waals surface area contributed by atoms with E-state index < -0.39 is 23.3 Å². The van der Waals surface area contributed by atoms with Crippen LogP contribution in [0.5, 0.6) is 0 Å². The standard InChI is InChI=1S/C15H9ClF2N2O2S/c1-22-15(21)14-10(16)12(19)11(18)13(20-14)7-5-9-6(2-3-23-9)4-8(7)17/h2-5H,1H3,(H2,19,20). The molecule has 0 saturated carbocycles. The van der Waals surface area contributed by atoms with E-state index in [1.165, 1.54) is 23.5 Å². The minimum absolute atomic E-state index is 0.106. The van der Waals surface area contributed by atoms with Crippen LogP contribution in [0.4, 0.5) is 14.5 Å². The largest absolute Gasteiger partial charge is 0.464 e. The number of halogens is 3. The van der Waals surface area contributed by atoms with Gasteiger partial charge in [-0.15, -0.1) is 11.3 Å². The van der Waals surface area contributed by atoms with Crippen LogP contribution in [0, 0.1) is 11.6 Å². The van der Waals surface area contributed by atoms with E-state index in [1.807, 2.05) is 0 Å². The van der Waals surface area contributed by atoms with Gasteiger partial charge in [0.15, 0.2) is 11.5 Å². The van der Waals surface area contributed by atoms with Crippen LogP contribution in [0.15, 0.2) is 23.6 Å². The van der Waals surface area contributed by atoms with Gasteiger partial charge in [0, 0.05) is 10.3 Å². The van der Waals surface area contributed by atoms with Gasteiger partial charge in [-0.25, -0.2) is 18.6 Å². The summed E-state index contributed by atoms with van der Waals surface area (Å²) in [6.45, 7) is 0. The van der Waals surface area contributed by atoms with Crippen LogP contribution in [0.2, 0.25) is 5.02 Å². The second-order valence-electron chi connectivity index (χ2n) is 4.63. The summed E-state index contributed by atoms with van der Waals surface area (Å²) < 4.78 is 34.0. The van der Waals surface area contributed by atoms with Crippen LogP contribution in [0.1, 0.15) is 10.5 Å². The molecule has 0 aliphatic rings. The number of carbonyl (C=O) groups is 1. The highest BCUT2D eigenvalue weighted by atomic mass is 35.5. The number of esters is 1. The summed E-state index contributed by atoms with van der Waals surface area (Å²) in [5, 5.41) is 2.11. The molecule has 0 aliphatic carbocycles. The molecule has 0 unspecified atom stereocenters. The lowest BCUT2D eigenvalue weighted by molar-refractivity contribution is 0.0594. The number of ether oxygens (including phenoxy) is 1. The van der Waals surface area contributed by atoms with Gasteiger partial charge in [-0.3, -0.25) is 0 Å². The molecule has 118 valence electrons. The lowest BCUT2D eigenvalue weighted by atomic mass is 10.1. The number of anilines is 1. The highest BCUT2D eigenvalue weighted by Crippen LogP contribution is 2.35. The lowest BCUT2D eigenvalue weighted by Gasteiger charge is -2.11. The second-order valence-corrected chi connectivity index (χ2v) is 5.96. The third kappa shape index (κ3) is 2.51. The molecule has 2 N–H and O–H groups in total. The lowest BCUT2D eigenvalue weighted by Crippen LogP contribution is -2.10. The molecule has 2 aromatic heterocycles. The number of pyridine rings is 1. The smallest absolute Gasteiger partial charge is 0.358 e. The molecule has 1 aromatic carbocycles. The Morgan fingerprint density at radius 3 is 2.83 bits per heavy atom. The van der Waals surface area contributed by atoms with E-state index in [0.29, 0.717) is 5.39 Å². The third-order valence-electron chi connectivity index (χ3n) is 3.29. The summed E-state index contributed by atoms with van der Waals surface area (Å²) in [6, 6.07) is 4.47. The van der Waals surface area contributed by atoms with Gasteiger partial charge in [-0.05, 0) is 29.0 Å². The number of thiophene rings is 1. The summed E-state index contributed by atoms with van der Waals surface area (Å²) in [5.41, 5.74) is 4.24. The maximum Gasteiger partial charge on any atom is 0.358 e. The van der Waals surface area contributed by atoms with E-state index >= 15 is 0 Å². The molecular weight excluding hydrogens is 346 g/mol. The minimum Gasteiger partial charge on any atom is -0.464 e. The summed E-state index contributed by atoms with van der Waals surface area (Å²) in [4.78, 5) is 15.5. The topological polar surface area (TPSA) is 65.2 Å². The average Bonchev–Trinajstić information content (AvgIpc) is 2.99. The van der Waals surface area contributed by atoms with Crippen molar-refractivity contribution in [3.8, 4) is 11.3 Å². The molecule has 0 spiro atoms. The van der Waals surface area contributed by atoms with Crippen LogP contribution < -0.4 is 5.73 Å². The van der Waals surface area contributed by atoms with Crippen molar-refractivity contribution in [3.63, 3.8) is 0 Å². The number of benzene rings is 1. The summed E-state index contributed by atoms with van der Waals surface area (Å²) in [7, 11) is 1.12. The number of aromatic nitrogens is 1. The molecule has 3 aromatic rings. The van der Waals surface area contributed by atoms with Crippen LogP contribution >= 0.6 is 22.9 Å². The molecule has 0 fully saturated rings. The third-order valence-corrected chi connectivity index (χ3v) is 4.55. The normalized spacial score (nSPS) is 11.0. The highest BCUT2D eigenvalue weighted by molar-refractivity contribution is 7.17. The van der Waals surface area contributed by atoms with E-state index in [4.69, 9.17) is 17.3 Å². The van der Waals surface area contributed by atoms with Gasteiger partial charge in [-0.1, -0.05) is 11.6 Å². The van der Waals surface area contributed by atoms with Crippen molar-refractivity contribution in [1.82, 2.24) is 4.98 Å². The Morgan fingerprint density at radius 1 is 1.39 bits per heavy atom. The number of nitrogens with zero attached hydrogens (tertiary/aromatic N) is 1. The van der Waals surface area contributed by atoms with Gasteiger partial charge in [0.2, 0.25) is 0 Å². The average molecular weight is 355 g/mol. The first kappa shape index (κ1) is 15.6. The van der Waals surface area contributed by atoms with Crippen molar-refractivity contribution in [2.75, 3.05) is 12.8 Å². The van der Waals surface area contributed by atoms with E-state index in [0.717, 1.165) is 11.8 Å². The fourth-order valence-corrected chi connectivity index (χ4v) is 3.15. The first-order chi connectivity index (χ1) is 10.9. The van der Waals surface area contributed by atoms with Gasteiger partial charge >= 0.3 is 5.97 Å². The van der Waals surface area contributed by atoms with E-state index in [2.05, 4.69) is 9.72 Å². The van der Waals surface area contributed by atoms with Gasteiger partial charge in [0.25, 0.3) is 0 Å². The monoisotopic (exact) mass is 354 g/mol. The first-order valence-corrected chi connectivity index (χ1v) is 7.59. The number of carbonyl (C=O) groups excluding carboxylic acids is 1. The predicted molar refractivity (Wildman–Crippen MR) is 85.7 cm³/mol. The second kappa shape index (κ2) is 5.75. The molecule has 0 bridgehead atoms. The molecular formula is C15H9ClF2N2O2S. The van der Waals surface area contributed by atoms with Crippen molar-refractivity contribution in [2.45, 2.75) is 0 Å². The number of rotatable bonds is 2. The number of hydrogen-bond acceptors (Lipinski definition) is 5. The van der Waals surface area contributed by atoms with E-state index in [-0.39, 0.29) is 22.0 Å². The van der Waals surface area contributed by atoms with Crippen molar-refractivity contribution in [3.05, 3.63) is 45.9 Å². The minimum atomic E-state index is -0.988. The molecule has 3 rings (SSSR count). The molecule has 23 heavy (non-hydrogen) atoms. The molecule has 2 heterocycles. The SMILES string of the molecule is COC(=O)c1nc(-c2cc3sccc3cc2F)c(F)c(N)c1Cl. The van der Waals surface area contributed by atoms with E-state index in [9.17, 15) is 13.6 Å². The number of methoxy groups -OCH3 is 1. The molecule has 0 amide bonds. The Bertz CT molecular complexity index is 943. The number of hydrogen-bond donors (Lipinski definition) is 1. The quantitative estimate of drug-likeness (QED) is 0.698. The number of nitrogens with two attached hydrogens (primary N) is 1. The Hall–Kier alpha value is -2.25. The summed E-state index contributed by atoms with van der Waals surface area (Å²) in [5.74, 6) is -2.56. The molecule has 0 aliphatic heterocycles. The van der Waals surface area contributed by atoms with Gasteiger partial charge in [-0.2, -0.15) is 0 Å². The van der Waals surface area contributed by atoms with Crippen LogP contribution in [0.25, 0.3) is 21.3 Å². The molecule has 8 heteroatoms.